The number of hydrogen-bond acceptors (Lipinski definition) is 4. The summed E-state index contributed by atoms with van der Waals surface area (Å²) in [4.78, 5) is 14.6. The van der Waals surface area contributed by atoms with Crippen molar-refractivity contribution in [2.24, 2.45) is 11.1 Å². The van der Waals surface area contributed by atoms with Crippen LogP contribution in [-0.2, 0) is 16.1 Å². The second kappa shape index (κ2) is 7.15. The van der Waals surface area contributed by atoms with Crippen LogP contribution < -0.4 is 5.73 Å². The van der Waals surface area contributed by atoms with Gasteiger partial charge in [0.1, 0.15) is 0 Å². The number of hydrogen-bond donors (Lipinski definition) is 1. The number of amides is 1. The lowest BCUT2D eigenvalue weighted by atomic mass is 9.79. The summed E-state index contributed by atoms with van der Waals surface area (Å²) in [6.45, 7) is 2.09. The molecule has 1 aromatic carbocycles. The molecule has 2 heterocycles. The van der Waals surface area contributed by atoms with Crippen LogP contribution in [0.25, 0.3) is 5.69 Å². The highest BCUT2D eigenvalue weighted by Crippen LogP contribution is 2.31. The summed E-state index contributed by atoms with van der Waals surface area (Å²) < 4.78 is 7.21. The number of para-hydroxylation sites is 1. The van der Waals surface area contributed by atoms with E-state index < -0.39 is 5.41 Å². The fourth-order valence-corrected chi connectivity index (χ4v) is 3.18. The molecule has 0 saturated carbocycles. The normalized spacial score (nSPS) is 16.8. The first kappa shape index (κ1) is 16.7. The molecule has 2 aromatic rings. The first-order valence-corrected chi connectivity index (χ1v) is 8.27. The second-order valence-electron chi connectivity index (χ2n) is 6.39. The van der Waals surface area contributed by atoms with E-state index in [0.29, 0.717) is 39.1 Å². The average molecular weight is 328 g/mol. The Hall–Kier alpha value is -2.18. The zero-order chi connectivity index (χ0) is 17.0. The van der Waals surface area contributed by atoms with Crippen molar-refractivity contribution >= 4 is 5.91 Å². The van der Waals surface area contributed by atoms with Crippen LogP contribution in [0.1, 0.15) is 18.4 Å². The van der Waals surface area contributed by atoms with Crippen molar-refractivity contribution in [1.29, 1.82) is 0 Å². The van der Waals surface area contributed by atoms with Crippen LogP contribution in [0.15, 0.2) is 42.7 Å². The van der Waals surface area contributed by atoms with Crippen molar-refractivity contribution in [3.05, 3.63) is 48.3 Å². The van der Waals surface area contributed by atoms with Gasteiger partial charge in [0, 0.05) is 45.1 Å². The molecule has 0 aliphatic carbocycles. The van der Waals surface area contributed by atoms with Crippen LogP contribution in [0.5, 0.6) is 0 Å². The van der Waals surface area contributed by atoms with Gasteiger partial charge in [0.05, 0.1) is 17.3 Å². The van der Waals surface area contributed by atoms with Crippen molar-refractivity contribution in [2.45, 2.75) is 19.4 Å². The number of aromatic nitrogens is 2. The van der Waals surface area contributed by atoms with Crippen LogP contribution in [0, 0.1) is 5.41 Å². The Morgan fingerprint density at radius 1 is 1.33 bits per heavy atom. The first-order chi connectivity index (χ1) is 11.6. The monoisotopic (exact) mass is 328 g/mol. The van der Waals surface area contributed by atoms with Gasteiger partial charge in [0.15, 0.2) is 0 Å². The molecule has 0 radical (unpaired) electrons. The minimum Gasteiger partial charge on any atom is -0.381 e. The zero-order valence-corrected chi connectivity index (χ0v) is 14.0. The average Bonchev–Trinajstić information content (AvgIpc) is 3.11. The van der Waals surface area contributed by atoms with E-state index in [-0.39, 0.29) is 5.91 Å². The van der Waals surface area contributed by atoms with Crippen LogP contribution >= 0.6 is 0 Å². The smallest absolute Gasteiger partial charge is 0.230 e. The van der Waals surface area contributed by atoms with Crippen molar-refractivity contribution in [3.63, 3.8) is 0 Å². The van der Waals surface area contributed by atoms with Crippen molar-refractivity contribution < 1.29 is 9.53 Å². The van der Waals surface area contributed by atoms with Gasteiger partial charge in [0.25, 0.3) is 0 Å². The Balaban J connectivity index is 1.69. The molecule has 3 rings (SSSR count). The number of rotatable bonds is 5. The number of carbonyl (C=O) groups is 1. The molecule has 1 fully saturated rings. The summed E-state index contributed by atoms with van der Waals surface area (Å²) in [6.07, 6.45) is 5.14. The van der Waals surface area contributed by atoms with E-state index in [1.54, 1.807) is 11.1 Å². The van der Waals surface area contributed by atoms with E-state index >= 15 is 0 Å². The lowest BCUT2D eigenvalue weighted by Crippen LogP contribution is -2.49. The van der Waals surface area contributed by atoms with Gasteiger partial charge >= 0.3 is 0 Å². The summed E-state index contributed by atoms with van der Waals surface area (Å²) in [7, 11) is 1.83. The molecule has 0 bridgehead atoms. The Bertz CT molecular complexity index is 677. The largest absolute Gasteiger partial charge is 0.381 e. The van der Waals surface area contributed by atoms with Crippen molar-refractivity contribution in [3.8, 4) is 5.69 Å². The second-order valence-corrected chi connectivity index (χ2v) is 6.39. The lowest BCUT2D eigenvalue weighted by molar-refractivity contribution is -0.146. The van der Waals surface area contributed by atoms with Gasteiger partial charge in [-0.2, -0.15) is 5.10 Å². The standard InChI is InChI=1S/C18H24N4O2/c1-21(17(23)18(14-19)7-9-24-10-8-18)12-15-11-20-22(13-15)16-5-3-2-4-6-16/h2-6,11,13H,7-10,12,14,19H2,1H3. The maximum absolute atomic E-state index is 12.9. The summed E-state index contributed by atoms with van der Waals surface area (Å²) in [6, 6.07) is 9.92. The highest BCUT2D eigenvalue weighted by atomic mass is 16.5. The third kappa shape index (κ3) is 3.34. The van der Waals surface area contributed by atoms with Crippen molar-refractivity contribution in [1.82, 2.24) is 14.7 Å². The van der Waals surface area contributed by atoms with E-state index in [2.05, 4.69) is 5.10 Å². The molecule has 6 nitrogen and oxygen atoms in total. The Kier molecular flexibility index (Phi) is 4.97. The first-order valence-electron chi connectivity index (χ1n) is 8.27. The summed E-state index contributed by atoms with van der Waals surface area (Å²) in [5, 5.41) is 4.38. The number of nitrogens with zero attached hydrogens (tertiary/aromatic N) is 3. The number of benzene rings is 1. The molecule has 1 aliphatic heterocycles. The number of carbonyl (C=O) groups excluding carboxylic acids is 1. The Morgan fingerprint density at radius 3 is 2.71 bits per heavy atom. The maximum atomic E-state index is 12.9. The molecule has 0 atom stereocenters. The van der Waals surface area contributed by atoms with E-state index in [1.807, 2.05) is 48.3 Å². The fourth-order valence-electron chi connectivity index (χ4n) is 3.18. The van der Waals surface area contributed by atoms with E-state index in [4.69, 9.17) is 10.5 Å². The molecule has 128 valence electrons. The predicted octanol–water partition coefficient (Wildman–Crippen LogP) is 1.59. The molecule has 0 spiro atoms. The van der Waals surface area contributed by atoms with Gasteiger partial charge in [-0.25, -0.2) is 4.68 Å². The molecule has 1 aromatic heterocycles. The molecule has 1 aliphatic rings. The van der Waals surface area contributed by atoms with Crippen LogP contribution in [-0.4, -0.2) is 47.4 Å². The molecule has 6 heteroatoms. The topological polar surface area (TPSA) is 73.4 Å². The summed E-state index contributed by atoms with van der Waals surface area (Å²) in [5.41, 5.74) is 7.44. The molecule has 0 unspecified atom stereocenters. The Morgan fingerprint density at radius 2 is 2.04 bits per heavy atom. The summed E-state index contributed by atoms with van der Waals surface area (Å²) >= 11 is 0. The van der Waals surface area contributed by atoms with Crippen molar-refractivity contribution in [2.75, 3.05) is 26.8 Å². The minimum absolute atomic E-state index is 0.0979. The van der Waals surface area contributed by atoms with Crippen LogP contribution in [0.4, 0.5) is 0 Å². The lowest BCUT2D eigenvalue weighted by Gasteiger charge is -2.37. The third-order valence-electron chi connectivity index (χ3n) is 4.72. The zero-order valence-electron chi connectivity index (χ0n) is 14.0. The molecule has 1 amide bonds. The molecular formula is C18H24N4O2. The SMILES string of the molecule is CN(Cc1cnn(-c2ccccc2)c1)C(=O)C1(CN)CCOCC1. The molecule has 2 N–H and O–H groups in total. The molecule has 24 heavy (non-hydrogen) atoms. The Labute approximate surface area is 142 Å². The van der Waals surface area contributed by atoms with Gasteiger partial charge in [-0.05, 0) is 25.0 Å². The minimum atomic E-state index is -0.484. The highest BCUT2D eigenvalue weighted by molar-refractivity contribution is 5.83. The van der Waals surface area contributed by atoms with E-state index in [0.717, 1.165) is 11.3 Å². The fraction of sp³-hybridized carbons (Fsp3) is 0.444. The van der Waals surface area contributed by atoms with Gasteiger partial charge < -0.3 is 15.4 Å². The maximum Gasteiger partial charge on any atom is 0.230 e. The van der Waals surface area contributed by atoms with Crippen LogP contribution in [0.3, 0.4) is 0 Å². The van der Waals surface area contributed by atoms with Gasteiger partial charge in [-0.1, -0.05) is 18.2 Å². The quantitative estimate of drug-likeness (QED) is 0.904. The molecule has 1 saturated heterocycles. The molecular weight excluding hydrogens is 304 g/mol. The van der Waals surface area contributed by atoms with E-state index in [1.165, 1.54) is 0 Å². The van der Waals surface area contributed by atoms with E-state index in [9.17, 15) is 4.79 Å². The summed E-state index contributed by atoms with van der Waals surface area (Å²) in [5.74, 6) is 0.0979. The highest BCUT2D eigenvalue weighted by Gasteiger charge is 2.40. The third-order valence-corrected chi connectivity index (χ3v) is 4.72. The number of nitrogens with two attached hydrogens (primary N) is 1. The van der Waals surface area contributed by atoms with Crippen LogP contribution in [0.2, 0.25) is 0 Å². The van der Waals surface area contributed by atoms with Gasteiger partial charge in [0.2, 0.25) is 5.91 Å². The van der Waals surface area contributed by atoms with Gasteiger partial charge in [-0.3, -0.25) is 4.79 Å². The number of ether oxygens (including phenoxy) is 1. The predicted molar refractivity (Wildman–Crippen MR) is 91.6 cm³/mol. The van der Waals surface area contributed by atoms with Gasteiger partial charge in [-0.15, -0.1) is 0 Å².